The monoisotopic (exact) mass is 184 g/mol. The van der Waals surface area contributed by atoms with Crippen molar-refractivity contribution in [3.05, 3.63) is 0 Å². The Morgan fingerprint density at radius 1 is 1.31 bits per heavy atom. The zero-order valence-electron chi connectivity index (χ0n) is 9.05. The van der Waals surface area contributed by atoms with Gasteiger partial charge in [0.2, 0.25) is 0 Å². The molecular weight excluding hydrogens is 164 g/mol. The Bertz CT molecular complexity index is 220. The lowest BCUT2D eigenvalue weighted by Gasteiger charge is -2.43. The first-order valence-corrected chi connectivity index (χ1v) is 4.99. The van der Waals surface area contributed by atoms with Gasteiger partial charge >= 0.3 is 5.97 Å². The van der Waals surface area contributed by atoms with Gasteiger partial charge in [-0.05, 0) is 37.5 Å². The molecule has 0 radical (unpaired) electrons. The molecule has 1 aliphatic carbocycles. The molecule has 1 N–H and O–H groups in total. The largest absolute Gasteiger partial charge is 0.481 e. The van der Waals surface area contributed by atoms with E-state index in [1.165, 1.54) is 0 Å². The molecule has 0 heterocycles. The summed E-state index contributed by atoms with van der Waals surface area (Å²) in [4.78, 5) is 11.1. The molecule has 0 aromatic rings. The highest BCUT2D eigenvalue weighted by Gasteiger charge is 2.44. The first kappa shape index (κ1) is 10.6. The fourth-order valence-electron chi connectivity index (χ4n) is 3.15. The maximum atomic E-state index is 11.1. The van der Waals surface area contributed by atoms with Gasteiger partial charge in [-0.25, -0.2) is 0 Å². The van der Waals surface area contributed by atoms with Crippen LogP contribution in [0.4, 0.5) is 0 Å². The van der Waals surface area contributed by atoms with Crippen LogP contribution in [-0.2, 0) is 4.79 Å². The third-order valence-corrected chi connectivity index (χ3v) is 3.09. The van der Waals surface area contributed by atoms with Gasteiger partial charge in [0.1, 0.15) is 0 Å². The molecule has 2 atom stereocenters. The van der Waals surface area contributed by atoms with Crippen LogP contribution in [0, 0.1) is 16.7 Å². The highest BCUT2D eigenvalue weighted by Crippen LogP contribution is 2.48. The van der Waals surface area contributed by atoms with E-state index in [9.17, 15) is 4.79 Å². The van der Waals surface area contributed by atoms with Gasteiger partial charge in [-0.15, -0.1) is 0 Å². The molecule has 1 saturated carbocycles. The van der Waals surface area contributed by atoms with Gasteiger partial charge in [0.05, 0.1) is 5.41 Å². The van der Waals surface area contributed by atoms with Gasteiger partial charge in [-0.1, -0.05) is 20.8 Å². The summed E-state index contributed by atoms with van der Waals surface area (Å²) < 4.78 is 0. The summed E-state index contributed by atoms with van der Waals surface area (Å²) in [6.07, 6.45) is 2.78. The van der Waals surface area contributed by atoms with Crippen molar-refractivity contribution >= 4 is 5.97 Å². The van der Waals surface area contributed by atoms with E-state index < -0.39 is 11.4 Å². The SMILES string of the molecule is C[C@@H]1CC(C)(C)C[C@](C)(C(=O)O)C1. The smallest absolute Gasteiger partial charge is 0.309 e. The number of hydrogen-bond acceptors (Lipinski definition) is 1. The molecule has 76 valence electrons. The van der Waals surface area contributed by atoms with E-state index in [-0.39, 0.29) is 5.41 Å². The van der Waals surface area contributed by atoms with Gasteiger partial charge in [-0.2, -0.15) is 0 Å². The molecule has 0 aromatic heterocycles. The second kappa shape index (κ2) is 3.00. The Kier molecular flexibility index (Phi) is 2.44. The number of aliphatic carboxylic acids is 1. The second-order valence-corrected chi connectivity index (χ2v) is 5.72. The Labute approximate surface area is 80.3 Å². The number of rotatable bonds is 1. The van der Waals surface area contributed by atoms with Crippen LogP contribution < -0.4 is 0 Å². The number of hydrogen-bond donors (Lipinski definition) is 1. The Balaban J connectivity index is 2.84. The van der Waals surface area contributed by atoms with Crippen molar-refractivity contribution in [2.75, 3.05) is 0 Å². The van der Waals surface area contributed by atoms with Crippen molar-refractivity contribution in [2.24, 2.45) is 16.7 Å². The molecule has 13 heavy (non-hydrogen) atoms. The predicted molar refractivity (Wildman–Crippen MR) is 52.5 cm³/mol. The van der Waals surface area contributed by atoms with E-state index in [2.05, 4.69) is 20.8 Å². The molecule has 0 bridgehead atoms. The molecule has 2 heteroatoms. The lowest BCUT2D eigenvalue weighted by Crippen LogP contribution is -2.40. The predicted octanol–water partition coefficient (Wildman–Crippen LogP) is 2.92. The minimum Gasteiger partial charge on any atom is -0.481 e. The molecule has 0 amide bonds. The van der Waals surface area contributed by atoms with Crippen LogP contribution in [0.3, 0.4) is 0 Å². The van der Waals surface area contributed by atoms with Crippen molar-refractivity contribution in [1.29, 1.82) is 0 Å². The zero-order chi connectivity index (χ0) is 10.3. The first-order chi connectivity index (χ1) is 5.75. The summed E-state index contributed by atoms with van der Waals surface area (Å²) in [6, 6.07) is 0. The van der Waals surface area contributed by atoms with E-state index in [0.29, 0.717) is 5.92 Å². The van der Waals surface area contributed by atoms with Crippen LogP contribution in [0.5, 0.6) is 0 Å². The van der Waals surface area contributed by atoms with Gasteiger partial charge in [0, 0.05) is 0 Å². The fraction of sp³-hybridized carbons (Fsp3) is 0.909. The van der Waals surface area contributed by atoms with Crippen LogP contribution in [0.15, 0.2) is 0 Å². The van der Waals surface area contributed by atoms with Crippen LogP contribution in [-0.4, -0.2) is 11.1 Å². The Morgan fingerprint density at radius 2 is 1.85 bits per heavy atom. The van der Waals surface area contributed by atoms with Crippen molar-refractivity contribution in [1.82, 2.24) is 0 Å². The molecular formula is C11H20O2. The maximum absolute atomic E-state index is 11.1. The molecule has 0 aromatic carbocycles. The van der Waals surface area contributed by atoms with E-state index in [0.717, 1.165) is 19.3 Å². The molecule has 0 saturated heterocycles. The van der Waals surface area contributed by atoms with Gasteiger partial charge in [-0.3, -0.25) is 4.79 Å². The van der Waals surface area contributed by atoms with Crippen LogP contribution >= 0.6 is 0 Å². The lowest BCUT2D eigenvalue weighted by molar-refractivity contribution is -0.153. The first-order valence-electron chi connectivity index (χ1n) is 4.99. The molecule has 0 spiro atoms. The van der Waals surface area contributed by atoms with E-state index in [1.807, 2.05) is 6.92 Å². The molecule has 1 fully saturated rings. The normalized spacial score (nSPS) is 38.6. The van der Waals surface area contributed by atoms with Crippen molar-refractivity contribution < 1.29 is 9.90 Å². The summed E-state index contributed by atoms with van der Waals surface area (Å²) in [6.45, 7) is 8.38. The highest BCUT2D eigenvalue weighted by atomic mass is 16.4. The number of carbonyl (C=O) groups is 1. The topological polar surface area (TPSA) is 37.3 Å². The molecule has 2 nitrogen and oxygen atoms in total. The fourth-order valence-corrected chi connectivity index (χ4v) is 3.15. The van der Waals surface area contributed by atoms with E-state index in [1.54, 1.807) is 0 Å². The zero-order valence-corrected chi connectivity index (χ0v) is 9.05. The number of carboxylic acids is 1. The molecule has 1 rings (SSSR count). The van der Waals surface area contributed by atoms with Crippen molar-refractivity contribution in [2.45, 2.75) is 47.0 Å². The van der Waals surface area contributed by atoms with Gasteiger partial charge < -0.3 is 5.11 Å². The van der Waals surface area contributed by atoms with E-state index in [4.69, 9.17) is 5.11 Å². The van der Waals surface area contributed by atoms with Crippen LogP contribution in [0.1, 0.15) is 47.0 Å². The summed E-state index contributed by atoms with van der Waals surface area (Å²) in [7, 11) is 0. The van der Waals surface area contributed by atoms with Crippen LogP contribution in [0.2, 0.25) is 0 Å². The van der Waals surface area contributed by atoms with Crippen molar-refractivity contribution in [3.63, 3.8) is 0 Å². The number of carboxylic acid groups (broad SMARTS) is 1. The quantitative estimate of drug-likeness (QED) is 0.680. The standard InChI is InChI=1S/C11H20O2/c1-8-5-10(2,3)7-11(4,6-8)9(12)13/h8H,5-7H2,1-4H3,(H,12,13)/t8-,11-/m1/s1. The lowest BCUT2D eigenvalue weighted by atomic mass is 9.61. The average molecular weight is 184 g/mol. The molecule has 1 aliphatic rings. The maximum Gasteiger partial charge on any atom is 0.309 e. The third kappa shape index (κ3) is 2.23. The third-order valence-electron chi connectivity index (χ3n) is 3.09. The van der Waals surface area contributed by atoms with Gasteiger partial charge in [0.25, 0.3) is 0 Å². The molecule has 0 unspecified atom stereocenters. The summed E-state index contributed by atoms with van der Waals surface area (Å²) in [5.41, 5.74) is -0.314. The molecule has 0 aliphatic heterocycles. The summed E-state index contributed by atoms with van der Waals surface area (Å²) >= 11 is 0. The van der Waals surface area contributed by atoms with Gasteiger partial charge in [0.15, 0.2) is 0 Å². The average Bonchev–Trinajstić information content (AvgIpc) is 1.79. The second-order valence-electron chi connectivity index (χ2n) is 5.72. The minimum absolute atomic E-state index is 0.185. The highest BCUT2D eigenvalue weighted by molar-refractivity contribution is 5.74. The van der Waals surface area contributed by atoms with Crippen LogP contribution in [0.25, 0.3) is 0 Å². The minimum atomic E-state index is -0.632. The summed E-state index contributed by atoms with van der Waals surface area (Å²) in [5.74, 6) is -0.100. The van der Waals surface area contributed by atoms with Crippen molar-refractivity contribution in [3.8, 4) is 0 Å². The van der Waals surface area contributed by atoms with E-state index >= 15 is 0 Å². The summed E-state index contributed by atoms with van der Waals surface area (Å²) in [5, 5.41) is 9.15. The Morgan fingerprint density at radius 3 is 2.23 bits per heavy atom. The Hall–Kier alpha value is -0.530.